The summed E-state index contributed by atoms with van der Waals surface area (Å²) in [5, 5.41) is 9.19. The van der Waals surface area contributed by atoms with Crippen LogP contribution >= 0.6 is 11.6 Å². The number of rotatable bonds is 5. The molecule has 0 aliphatic rings. The van der Waals surface area contributed by atoms with Crippen LogP contribution in [0.4, 0.5) is 0 Å². The van der Waals surface area contributed by atoms with E-state index in [4.69, 9.17) is 21.4 Å². The van der Waals surface area contributed by atoms with Crippen molar-refractivity contribution in [2.24, 2.45) is 0 Å². The van der Waals surface area contributed by atoms with Crippen LogP contribution in [-0.4, -0.2) is 27.7 Å². The van der Waals surface area contributed by atoms with Gasteiger partial charge in [-0.25, -0.2) is 9.97 Å². The molecule has 0 atom stereocenters. The quantitative estimate of drug-likeness (QED) is 0.639. The van der Waals surface area contributed by atoms with Gasteiger partial charge in [0.2, 0.25) is 0 Å². The number of carbonyl (C=O) groups is 1. The Labute approximate surface area is 105 Å². The van der Waals surface area contributed by atoms with E-state index in [1.807, 2.05) is 0 Å². The molecule has 0 aliphatic carbocycles. The van der Waals surface area contributed by atoms with Crippen molar-refractivity contribution in [1.82, 2.24) is 9.97 Å². The fourth-order valence-corrected chi connectivity index (χ4v) is 1.76. The molecule has 1 heterocycles. The standard InChI is InChI=1S/C11H15ClN2O3/c1-3-17-10(16)5-4-8-7(2)13-9(6-15)14-11(8)12/h15H,3-6H2,1-2H3. The maximum atomic E-state index is 11.2. The summed E-state index contributed by atoms with van der Waals surface area (Å²) >= 11 is 5.96. The highest BCUT2D eigenvalue weighted by Gasteiger charge is 2.12. The number of hydrogen-bond acceptors (Lipinski definition) is 5. The van der Waals surface area contributed by atoms with Crippen molar-refractivity contribution in [3.63, 3.8) is 0 Å². The molecule has 0 fully saturated rings. The Bertz CT molecular complexity index is 387. The smallest absolute Gasteiger partial charge is 0.306 e. The average Bonchev–Trinajstić information content (AvgIpc) is 2.28. The van der Waals surface area contributed by atoms with Crippen LogP contribution in [0.3, 0.4) is 0 Å². The van der Waals surface area contributed by atoms with Crippen molar-refractivity contribution in [1.29, 1.82) is 0 Å². The number of aliphatic hydroxyl groups excluding tert-OH is 1. The van der Waals surface area contributed by atoms with Crippen molar-refractivity contribution in [2.75, 3.05) is 6.61 Å². The topological polar surface area (TPSA) is 72.3 Å². The first-order chi connectivity index (χ1) is 8.08. The van der Waals surface area contributed by atoms with Gasteiger partial charge in [-0.1, -0.05) is 11.6 Å². The van der Waals surface area contributed by atoms with Gasteiger partial charge in [-0.2, -0.15) is 0 Å². The summed E-state index contributed by atoms with van der Waals surface area (Å²) in [5.74, 6) is 0.0154. The lowest BCUT2D eigenvalue weighted by Gasteiger charge is -2.08. The molecule has 0 bridgehead atoms. The van der Waals surface area contributed by atoms with Gasteiger partial charge < -0.3 is 9.84 Å². The zero-order valence-electron chi connectivity index (χ0n) is 9.86. The molecule has 6 heteroatoms. The molecule has 5 nitrogen and oxygen atoms in total. The number of carbonyl (C=O) groups excluding carboxylic acids is 1. The van der Waals surface area contributed by atoms with E-state index in [0.29, 0.717) is 18.7 Å². The zero-order chi connectivity index (χ0) is 12.8. The van der Waals surface area contributed by atoms with E-state index in [2.05, 4.69) is 9.97 Å². The lowest BCUT2D eigenvalue weighted by molar-refractivity contribution is -0.143. The molecule has 0 spiro atoms. The van der Waals surface area contributed by atoms with Crippen molar-refractivity contribution in [2.45, 2.75) is 33.3 Å². The Balaban J connectivity index is 2.74. The summed E-state index contributed by atoms with van der Waals surface area (Å²) in [6.45, 7) is 3.65. The van der Waals surface area contributed by atoms with Crippen LogP contribution in [0.5, 0.6) is 0 Å². The number of hydrogen-bond donors (Lipinski definition) is 1. The van der Waals surface area contributed by atoms with E-state index in [0.717, 1.165) is 5.56 Å². The second kappa shape index (κ2) is 6.51. The van der Waals surface area contributed by atoms with Crippen LogP contribution < -0.4 is 0 Å². The number of esters is 1. The van der Waals surface area contributed by atoms with Gasteiger partial charge in [0.1, 0.15) is 11.8 Å². The van der Waals surface area contributed by atoms with Crippen LogP contribution in [0.25, 0.3) is 0 Å². The van der Waals surface area contributed by atoms with Crippen LogP contribution in [0.15, 0.2) is 0 Å². The molecule has 1 N–H and O–H groups in total. The number of halogens is 1. The van der Waals surface area contributed by atoms with Crippen LogP contribution in [0, 0.1) is 6.92 Å². The molecule has 0 saturated carbocycles. The predicted molar refractivity (Wildman–Crippen MR) is 62.7 cm³/mol. The molecule has 1 rings (SSSR count). The van der Waals surface area contributed by atoms with E-state index in [1.165, 1.54) is 0 Å². The van der Waals surface area contributed by atoms with Gasteiger partial charge in [0.15, 0.2) is 5.82 Å². The number of aromatic nitrogens is 2. The van der Waals surface area contributed by atoms with E-state index >= 15 is 0 Å². The molecule has 1 aromatic heterocycles. The third kappa shape index (κ3) is 3.94. The molecule has 0 aromatic carbocycles. The zero-order valence-corrected chi connectivity index (χ0v) is 10.6. The Morgan fingerprint density at radius 3 is 2.71 bits per heavy atom. The highest BCUT2D eigenvalue weighted by Crippen LogP contribution is 2.18. The first-order valence-electron chi connectivity index (χ1n) is 5.36. The normalized spacial score (nSPS) is 10.4. The van der Waals surface area contributed by atoms with E-state index in [-0.39, 0.29) is 30.0 Å². The second-order valence-electron chi connectivity index (χ2n) is 3.46. The number of ether oxygens (including phenoxy) is 1. The van der Waals surface area contributed by atoms with Crippen LogP contribution in [0.2, 0.25) is 5.15 Å². The third-order valence-corrected chi connectivity index (χ3v) is 2.55. The molecule has 0 saturated heterocycles. The van der Waals surface area contributed by atoms with Crippen molar-refractivity contribution >= 4 is 17.6 Å². The molecule has 17 heavy (non-hydrogen) atoms. The minimum absolute atomic E-state index is 0.246. The number of nitrogens with zero attached hydrogens (tertiary/aromatic N) is 2. The number of aryl methyl sites for hydroxylation is 1. The summed E-state index contributed by atoms with van der Waals surface area (Å²) in [6.07, 6.45) is 0.686. The van der Waals surface area contributed by atoms with E-state index in [1.54, 1.807) is 13.8 Å². The van der Waals surface area contributed by atoms with Gasteiger partial charge >= 0.3 is 5.97 Å². The first kappa shape index (κ1) is 13.9. The molecule has 94 valence electrons. The largest absolute Gasteiger partial charge is 0.466 e. The van der Waals surface area contributed by atoms with Gasteiger partial charge in [0, 0.05) is 17.7 Å². The lowest BCUT2D eigenvalue weighted by Crippen LogP contribution is -2.08. The highest BCUT2D eigenvalue weighted by molar-refractivity contribution is 6.30. The van der Waals surface area contributed by atoms with Gasteiger partial charge in [-0.3, -0.25) is 4.79 Å². The lowest BCUT2D eigenvalue weighted by atomic mass is 10.1. The minimum Gasteiger partial charge on any atom is -0.466 e. The van der Waals surface area contributed by atoms with Crippen LogP contribution in [0.1, 0.15) is 30.4 Å². The van der Waals surface area contributed by atoms with Crippen LogP contribution in [-0.2, 0) is 22.6 Å². The minimum atomic E-state index is -0.269. The maximum Gasteiger partial charge on any atom is 0.306 e. The van der Waals surface area contributed by atoms with Crippen molar-refractivity contribution in [3.05, 3.63) is 22.2 Å². The molecule has 0 aliphatic heterocycles. The summed E-state index contributed by atoms with van der Waals surface area (Å²) in [5.41, 5.74) is 1.40. The summed E-state index contributed by atoms with van der Waals surface area (Å²) < 4.78 is 4.83. The fraction of sp³-hybridized carbons (Fsp3) is 0.545. The average molecular weight is 259 g/mol. The molecule has 1 aromatic rings. The number of aliphatic hydroxyl groups is 1. The van der Waals surface area contributed by atoms with Gasteiger partial charge in [-0.05, 0) is 20.3 Å². The summed E-state index contributed by atoms with van der Waals surface area (Å²) in [4.78, 5) is 19.2. The van der Waals surface area contributed by atoms with Gasteiger partial charge in [0.25, 0.3) is 0 Å². The Kier molecular flexibility index (Phi) is 5.31. The molecule has 0 unspecified atom stereocenters. The van der Waals surface area contributed by atoms with E-state index in [9.17, 15) is 4.79 Å². The monoisotopic (exact) mass is 258 g/mol. The summed E-state index contributed by atoms with van der Waals surface area (Å²) in [7, 11) is 0. The predicted octanol–water partition coefficient (Wildman–Crippen LogP) is 1.43. The van der Waals surface area contributed by atoms with Gasteiger partial charge in [0.05, 0.1) is 6.61 Å². The Morgan fingerprint density at radius 2 is 2.18 bits per heavy atom. The molecule has 0 amide bonds. The second-order valence-corrected chi connectivity index (χ2v) is 3.82. The summed E-state index contributed by atoms with van der Waals surface area (Å²) in [6, 6.07) is 0. The van der Waals surface area contributed by atoms with Gasteiger partial charge in [-0.15, -0.1) is 0 Å². The van der Waals surface area contributed by atoms with E-state index < -0.39 is 0 Å². The SMILES string of the molecule is CCOC(=O)CCc1c(C)nc(CO)nc1Cl. The molecule has 0 radical (unpaired) electrons. The fourth-order valence-electron chi connectivity index (χ4n) is 1.43. The third-order valence-electron chi connectivity index (χ3n) is 2.24. The molecular formula is C11H15ClN2O3. The van der Waals surface area contributed by atoms with Crippen molar-refractivity contribution in [3.8, 4) is 0 Å². The Hall–Kier alpha value is -1.20. The molecular weight excluding hydrogens is 244 g/mol. The Morgan fingerprint density at radius 1 is 1.47 bits per heavy atom. The highest BCUT2D eigenvalue weighted by atomic mass is 35.5. The van der Waals surface area contributed by atoms with Crippen molar-refractivity contribution < 1.29 is 14.6 Å². The maximum absolute atomic E-state index is 11.2. The first-order valence-corrected chi connectivity index (χ1v) is 5.74.